The second-order valence-electron chi connectivity index (χ2n) is 10.5. The molecule has 174 valence electrons. The number of fused-ring (bicyclic) bond motifs is 3. The highest BCUT2D eigenvalue weighted by Gasteiger charge is 2.56. The highest BCUT2D eigenvalue weighted by molar-refractivity contribution is 5.78. The zero-order valence-electron chi connectivity index (χ0n) is 19.4. The Morgan fingerprint density at radius 2 is 1.88 bits per heavy atom. The van der Waals surface area contributed by atoms with Gasteiger partial charge in [0.15, 0.2) is 0 Å². The molecule has 0 saturated heterocycles. The molecular formula is C27H36O5. The maximum atomic E-state index is 13.3. The van der Waals surface area contributed by atoms with Crippen molar-refractivity contribution in [3.63, 3.8) is 0 Å². The third-order valence-corrected chi connectivity index (χ3v) is 8.57. The Morgan fingerprint density at radius 3 is 2.53 bits per heavy atom. The first kappa shape index (κ1) is 23.2. The second-order valence-corrected chi connectivity index (χ2v) is 10.5. The van der Waals surface area contributed by atoms with Crippen LogP contribution in [0.4, 0.5) is 0 Å². The average Bonchev–Trinajstić information content (AvgIpc) is 3.09. The van der Waals surface area contributed by atoms with Gasteiger partial charge in [0.05, 0.1) is 18.6 Å². The van der Waals surface area contributed by atoms with Crippen LogP contribution in [0.2, 0.25) is 0 Å². The summed E-state index contributed by atoms with van der Waals surface area (Å²) in [5.41, 5.74) is 2.76. The Balaban J connectivity index is 1.76. The summed E-state index contributed by atoms with van der Waals surface area (Å²) in [6.07, 6.45) is 5.28. The van der Waals surface area contributed by atoms with Crippen molar-refractivity contribution in [2.45, 2.75) is 59.0 Å². The molecule has 1 fully saturated rings. The number of ether oxygens (including phenoxy) is 1. The smallest absolute Gasteiger partial charge is 0.318 e. The van der Waals surface area contributed by atoms with Crippen LogP contribution in [0.5, 0.6) is 5.75 Å². The van der Waals surface area contributed by atoms with E-state index >= 15 is 0 Å². The molecule has 32 heavy (non-hydrogen) atoms. The predicted molar refractivity (Wildman–Crippen MR) is 123 cm³/mol. The Morgan fingerprint density at radius 1 is 1.16 bits per heavy atom. The van der Waals surface area contributed by atoms with Crippen LogP contribution < -0.4 is 4.74 Å². The monoisotopic (exact) mass is 440 g/mol. The molecule has 1 unspecified atom stereocenters. The molecule has 1 saturated carbocycles. The summed E-state index contributed by atoms with van der Waals surface area (Å²) in [4.78, 5) is 13.3. The molecule has 4 rings (SSSR count). The highest BCUT2D eigenvalue weighted by atomic mass is 16.5. The first-order chi connectivity index (χ1) is 15.2. The molecule has 3 aliphatic rings. The summed E-state index contributed by atoms with van der Waals surface area (Å²) in [6, 6.07) is 8.99. The standard InChI is InChI=1S/C27H36O5/c1-17(15-28)20-9-10-26(2)11-12-27(3)22(24(20)26)14-21(18(16-29)13-23(27)30)25(31)32-19-7-5-4-6-8-19/h4-8,13,17,21-23,28-30H,9-12,14-16H2,1-3H3/t17?,21-,22-,23+,26-,27-/m1/s1. The highest BCUT2D eigenvalue weighted by Crippen LogP contribution is 2.63. The number of carbonyl (C=O) groups is 1. The van der Waals surface area contributed by atoms with E-state index in [1.54, 1.807) is 18.2 Å². The lowest BCUT2D eigenvalue weighted by atomic mass is 9.54. The van der Waals surface area contributed by atoms with Crippen molar-refractivity contribution in [2.75, 3.05) is 13.2 Å². The third-order valence-electron chi connectivity index (χ3n) is 8.57. The second kappa shape index (κ2) is 8.77. The van der Waals surface area contributed by atoms with E-state index in [0.29, 0.717) is 17.7 Å². The minimum atomic E-state index is -0.757. The lowest BCUT2D eigenvalue weighted by Crippen LogP contribution is -2.46. The molecule has 0 radical (unpaired) electrons. The molecule has 5 heteroatoms. The van der Waals surface area contributed by atoms with Gasteiger partial charge in [-0.15, -0.1) is 0 Å². The topological polar surface area (TPSA) is 87.0 Å². The summed E-state index contributed by atoms with van der Waals surface area (Å²) < 4.78 is 5.69. The molecule has 0 aliphatic heterocycles. The maximum absolute atomic E-state index is 13.3. The van der Waals surface area contributed by atoms with Crippen LogP contribution in [-0.2, 0) is 4.79 Å². The quantitative estimate of drug-likeness (QED) is 0.366. The van der Waals surface area contributed by atoms with E-state index < -0.39 is 23.4 Å². The summed E-state index contributed by atoms with van der Waals surface area (Å²) in [7, 11) is 0. The van der Waals surface area contributed by atoms with Crippen LogP contribution in [0.3, 0.4) is 0 Å². The Bertz CT molecular complexity index is 919. The molecule has 3 N–H and O–H groups in total. The van der Waals surface area contributed by atoms with Crippen molar-refractivity contribution in [3.05, 3.63) is 53.1 Å². The minimum absolute atomic E-state index is 0.0172. The summed E-state index contributed by atoms with van der Waals surface area (Å²) in [5.74, 6) is -0.491. The van der Waals surface area contributed by atoms with Gasteiger partial charge in [0.1, 0.15) is 5.75 Å². The van der Waals surface area contributed by atoms with E-state index in [1.165, 1.54) is 11.1 Å². The number of aliphatic hydroxyl groups excluding tert-OH is 3. The summed E-state index contributed by atoms with van der Waals surface area (Å²) >= 11 is 0. The van der Waals surface area contributed by atoms with Crippen LogP contribution in [0, 0.1) is 28.6 Å². The van der Waals surface area contributed by atoms with Gasteiger partial charge in [0.2, 0.25) is 0 Å². The van der Waals surface area contributed by atoms with Crippen LogP contribution in [0.1, 0.15) is 52.9 Å². The van der Waals surface area contributed by atoms with E-state index in [2.05, 4.69) is 20.8 Å². The van der Waals surface area contributed by atoms with E-state index in [4.69, 9.17) is 4.74 Å². The molecular weight excluding hydrogens is 404 g/mol. The number of hydrogen-bond donors (Lipinski definition) is 3. The average molecular weight is 441 g/mol. The molecule has 0 bridgehead atoms. The third kappa shape index (κ3) is 3.85. The molecule has 0 heterocycles. The van der Waals surface area contributed by atoms with Gasteiger partial charge >= 0.3 is 5.97 Å². The fourth-order valence-electron chi connectivity index (χ4n) is 6.37. The summed E-state index contributed by atoms with van der Waals surface area (Å²) in [5, 5.41) is 31.4. The van der Waals surface area contributed by atoms with Crippen LogP contribution in [0.25, 0.3) is 0 Å². The predicted octanol–water partition coefficient (Wildman–Crippen LogP) is 4.03. The van der Waals surface area contributed by atoms with Gasteiger partial charge in [-0.2, -0.15) is 0 Å². The van der Waals surface area contributed by atoms with Crippen LogP contribution in [0.15, 0.2) is 53.1 Å². The number of benzene rings is 1. The van der Waals surface area contributed by atoms with E-state index in [9.17, 15) is 20.1 Å². The lowest BCUT2D eigenvalue weighted by molar-refractivity contribution is -0.138. The van der Waals surface area contributed by atoms with Crippen molar-refractivity contribution in [3.8, 4) is 5.75 Å². The maximum Gasteiger partial charge on any atom is 0.318 e. The number of esters is 1. The number of carbonyl (C=O) groups excluding carboxylic acids is 1. The van der Waals surface area contributed by atoms with Gasteiger partial charge in [0, 0.05) is 17.9 Å². The Hall–Kier alpha value is -1.95. The van der Waals surface area contributed by atoms with E-state index in [0.717, 1.165) is 25.7 Å². The van der Waals surface area contributed by atoms with Crippen molar-refractivity contribution in [2.24, 2.45) is 28.6 Å². The Labute approximate surface area is 190 Å². The van der Waals surface area contributed by atoms with Crippen molar-refractivity contribution in [1.82, 2.24) is 0 Å². The van der Waals surface area contributed by atoms with Gasteiger partial charge in [0.25, 0.3) is 0 Å². The van der Waals surface area contributed by atoms with Gasteiger partial charge in [-0.05, 0) is 61.1 Å². The molecule has 0 spiro atoms. The largest absolute Gasteiger partial charge is 0.426 e. The number of hydrogen-bond acceptors (Lipinski definition) is 5. The van der Waals surface area contributed by atoms with Crippen molar-refractivity contribution < 1.29 is 24.9 Å². The molecule has 6 atom stereocenters. The number of aliphatic hydroxyl groups is 3. The molecule has 1 aromatic rings. The molecule has 5 nitrogen and oxygen atoms in total. The minimum Gasteiger partial charge on any atom is -0.426 e. The molecule has 3 aliphatic carbocycles. The van der Waals surface area contributed by atoms with Crippen molar-refractivity contribution >= 4 is 5.97 Å². The fraction of sp³-hybridized carbons (Fsp3) is 0.593. The lowest BCUT2D eigenvalue weighted by Gasteiger charge is -2.51. The van der Waals surface area contributed by atoms with Gasteiger partial charge in [-0.1, -0.05) is 56.2 Å². The number of rotatable bonds is 5. The first-order valence-corrected chi connectivity index (χ1v) is 11.8. The van der Waals surface area contributed by atoms with Crippen molar-refractivity contribution in [1.29, 1.82) is 0 Å². The normalized spacial score (nSPS) is 35.4. The SMILES string of the molecule is CC(CO)C1=C2[C@H]3C[C@@H](C(=O)Oc4ccccc4)C(CO)=C[C@H](O)[C@]3(C)CC[C@@]2(C)CC1. The summed E-state index contributed by atoms with van der Waals surface area (Å²) in [6.45, 7) is 6.29. The molecule has 1 aromatic carbocycles. The van der Waals surface area contributed by atoms with Crippen LogP contribution >= 0.6 is 0 Å². The zero-order valence-corrected chi connectivity index (χ0v) is 19.4. The molecule has 0 aromatic heterocycles. The Kier molecular flexibility index (Phi) is 6.36. The fourth-order valence-corrected chi connectivity index (χ4v) is 6.37. The van der Waals surface area contributed by atoms with Gasteiger partial charge in [-0.25, -0.2) is 0 Å². The van der Waals surface area contributed by atoms with Gasteiger partial charge < -0.3 is 20.1 Å². The molecule has 0 amide bonds. The number of allylic oxidation sites excluding steroid dienone is 1. The van der Waals surface area contributed by atoms with Gasteiger partial charge in [-0.3, -0.25) is 4.79 Å². The van der Waals surface area contributed by atoms with E-state index in [-0.39, 0.29) is 30.5 Å². The zero-order chi connectivity index (χ0) is 23.1. The van der Waals surface area contributed by atoms with E-state index in [1.807, 2.05) is 18.2 Å². The first-order valence-electron chi connectivity index (χ1n) is 11.8. The van der Waals surface area contributed by atoms with Crippen LogP contribution in [-0.4, -0.2) is 40.6 Å². The number of para-hydroxylation sites is 1.